The number of guanidine groups is 1. The molecule has 0 radical (unpaired) electrons. The maximum absolute atomic E-state index is 12.4. The van der Waals surface area contributed by atoms with E-state index in [0.29, 0.717) is 5.96 Å². The molecule has 0 fully saturated rings. The Labute approximate surface area is 126 Å². The van der Waals surface area contributed by atoms with Crippen molar-refractivity contribution in [2.24, 2.45) is 4.99 Å². The molecular weight excluding hydrogens is 264 g/mol. The summed E-state index contributed by atoms with van der Waals surface area (Å²) < 4.78 is 0. The van der Waals surface area contributed by atoms with Crippen LogP contribution in [0.15, 0.2) is 29.3 Å². The molecule has 0 unspecified atom stereocenters. The number of nitrogens with one attached hydrogen (secondary N) is 2. The van der Waals surface area contributed by atoms with Gasteiger partial charge < -0.3 is 15.5 Å². The normalized spacial score (nSPS) is 14.6. The molecule has 114 valence electrons. The van der Waals surface area contributed by atoms with Crippen molar-refractivity contribution in [3.63, 3.8) is 0 Å². The van der Waals surface area contributed by atoms with Crippen molar-refractivity contribution in [1.82, 2.24) is 10.6 Å². The lowest BCUT2D eigenvalue weighted by Crippen LogP contribution is -2.46. The predicted molar refractivity (Wildman–Crippen MR) is 86.8 cm³/mol. The van der Waals surface area contributed by atoms with Crippen molar-refractivity contribution in [1.29, 1.82) is 0 Å². The van der Waals surface area contributed by atoms with Crippen LogP contribution in [0.4, 0.5) is 5.69 Å². The number of benzene rings is 1. The molecule has 1 aromatic carbocycles. The zero-order valence-electron chi connectivity index (χ0n) is 12.9. The standard InChI is InChI=1S/C16H24N4O/c1-3-10-18-16(17-2)19-12-15(21)20-11-6-8-13-7-4-5-9-14(13)20/h4-5,7,9H,3,6,8,10-12H2,1-2H3,(H2,17,18,19). The molecule has 0 saturated carbocycles. The van der Waals surface area contributed by atoms with Gasteiger partial charge in [-0.2, -0.15) is 0 Å². The number of nitrogens with zero attached hydrogens (tertiary/aromatic N) is 2. The van der Waals surface area contributed by atoms with Gasteiger partial charge in [-0.1, -0.05) is 25.1 Å². The summed E-state index contributed by atoms with van der Waals surface area (Å²) in [6, 6.07) is 8.14. The Balaban J connectivity index is 1.95. The van der Waals surface area contributed by atoms with E-state index in [1.807, 2.05) is 23.1 Å². The molecule has 2 N–H and O–H groups in total. The van der Waals surface area contributed by atoms with Gasteiger partial charge in [-0.05, 0) is 30.9 Å². The van der Waals surface area contributed by atoms with Crippen molar-refractivity contribution >= 4 is 17.6 Å². The molecule has 1 amide bonds. The molecule has 0 aliphatic carbocycles. The van der Waals surface area contributed by atoms with Crippen LogP contribution in [0.5, 0.6) is 0 Å². The van der Waals surface area contributed by atoms with E-state index in [2.05, 4.69) is 28.6 Å². The quantitative estimate of drug-likeness (QED) is 0.653. The highest BCUT2D eigenvalue weighted by atomic mass is 16.2. The SMILES string of the molecule is CCCNC(=NC)NCC(=O)N1CCCc2ccccc21. The van der Waals surface area contributed by atoms with E-state index in [0.717, 1.165) is 38.0 Å². The van der Waals surface area contributed by atoms with E-state index in [1.165, 1.54) is 5.56 Å². The van der Waals surface area contributed by atoms with Gasteiger partial charge in [0.25, 0.3) is 0 Å². The summed E-state index contributed by atoms with van der Waals surface area (Å²) in [5.41, 5.74) is 2.30. The lowest BCUT2D eigenvalue weighted by molar-refractivity contribution is -0.117. The zero-order valence-corrected chi connectivity index (χ0v) is 12.9. The summed E-state index contributed by atoms with van der Waals surface area (Å²) in [5.74, 6) is 0.761. The first kappa shape index (κ1) is 15.4. The fourth-order valence-corrected chi connectivity index (χ4v) is 2.51. The minimum absolute atomic E-state index is 0.0848. The number of hydrogen-bond acceptors (Lipinski definition) is 2. The van der Waals surface area contributed by atoms with Crippen molar-refractivity contribution in [3.05, 3.63) is 29.8 Å². The third-order valence-corrected chi connectivity index (χ3v) is 3.58. The van der Waals surface area contributed by atoms with Crippen LogP contribution in [0.1, 0.15) is 25.3 Å². The molecule has 5 heteroatoms. The number of anilines is 1. The van der Waals surface area contributed by atoms with Gasteiger partial charge in [0.05, 0.1) is 6.54 Å². The number of amides is 1. The van der Waals surface area contributed by atoms with E-state index in [4.69, 9.17) is 0 Å². The topological polar surface area (TPSA) is 56.7 Å². The summed E-state index contributed by atoms with van der Waals surface area (Å²) in [5, 5.41) is 6.24. The number of rotatable bonds is 4. The molecule has 1 aliphatic rings. The van der Waals surface area contributed by atoms with Crippen LogP contribution in [0.2, 0.25) is 0 Å². The number of carbonyl (C=O) groups excluding carboxylic acids is 1. The van der Waals surface area contributed by atoms with E-state index in [1.54, 1.807) is 7.05 Å². The van der Waals surface area contributed by atoms with Gasteiger partial charge in [-0.3, -0.25) is 9.79 Å². The summed E-state index contributed by atoms with van der Waals surface area (Å²) in [6.07, 6.45) is 3.09. The predicted octanol–water partition coefficient (Wildman–Crippen LogP) is 1.54. The molecule has 21 heavy (non-hydrogen) atoms. The second-order valence-corrected chi connectivity index (χ2v) is 5.13. The fourth-order valence-electron chi connectivity index (χ4n) is 2.51. The van der Waals surface area contributed by atoms with Crippen molar-refractivity contribution in [2.45, 2.75) is 26.2 Å². The number of para-hydroxylation sites is 1. The Kier molecular flexibility index (Phi) is 5.60. The van der Waals surface area contributed by atoms with Crippen LogP contribution in [-0.2, 0) is 11.2 Å². The van der Waals surface area contributed by atoms with Gasteiger partial charge in [-0.25, -0.2) is 0 Å². The Morgan fingerprint density at radius 1 is 1.33 bits per heavy atom. The number of hydrogen-bond donors (Lipinski definition) is 2. The molecule has 0 saturated heterocycles. The second kappa shape index (κ2) is 7.67. The number of aryl methyl sites for hydroxylation is 1. The van der Waals surface area contributed by atoms with Gasteiger partial charge in [-0.15, -0.1) is 0 Å². The molecule has 2 rings (SSSR count). The maximum atomic E-state index is 12.4. The van der Waals surface area contributed by atoms with Gasteiger partial charge in [0.1, 0.15) is 0 Å². The molecule has 0 bridgehead atoms. The molecule has 0 atom stereocenters. The van der Waals surface area contributed by atoms with Gasteiger partial charge in [0, 0.05) is 25.8 Å². The maximum Gasteiger partial charge on any atom is 0.246 e. The lowest BCUT2D eigenvalue weighted by atomic mass is 10.0. The van der Waals surface area contributed by atoms with Crippen LogP contribution in [0.3, 0.4) is 0 Å². The van der Waals surface area contributed by atoms with E-state index in [9.17, 15) is 4.79 Å². The molecular formula is C16H24N4O. The highest BCUT2D eigenvalue weighted by Crippen LogP contribution is 2.26. The minimum atomic E-state index is 0.0848. The Hall–Kier alpha value is -2.04. The molecule has 1 aliphatic heterocycles. The molecule has 5 nitrogen and oxygen atoms in total. The smallest absolute Gasteiger partial charge is 0.246 e. The van der Waals surface area contributed by atoms with Crippen LogP contribution in [0.25, 0.3) is 0 Å². The second-order valence-electron chi connectivity index (χ2n) is 5.13. The summed E-state index contributed by atoms with van der Waals surface area (Å²) >= 11 is 0. The van der Waals surface area contributed by atoms with Crippen molar-refractivity contribution in [3.8, 4) is 0 Å². The van der Waals surface area contributed by atoms with Crippen LogP contribution < -0.4 is 15.5 Å². The number of aliphatic imine (C=N–C) groups is 1. The summed E-state index contributed by atoms with van der Waals surface area (Å²) in [4.78, 5) is 18.4. The first-order chi connectivity index (χ1) is 10.3. The molecule has 0 aromatic heterocycles. The third-order valence-electron chi connectivity index (χ3n) is 3.58. The summed E-state index contributed by atoms with van der Waals surface area (Å²) in [6.45, 7) is 3.99. The molecule has 0 spiro atoms. The average molecular weight is 288 g/mol. The fraction of sp³-hybridized carbons (Fsp3) is 0.500. The van der Waals surface area contributed by atoms with Crippen molar-refractivity contribution < 1.29 is 4.79 Å². The first-order valence-electron chi connectivity index (χ1n) is 7.59. The van der Waals surface area contributed by atoms with Gasteiger partial charge >= 0.3 is 0 Å². The molecule has 1 heterocycles. The highest BCUT2D eigenvalue weighted by molar-refractivity contribution is 5.98. The lowest BCUT2D eigenvalue weighted by Gasteiger charge is -2.29. The van der Waals surface area contributed by atoms with Gasteiger partial charge in [0.15, 0.2) is 5.96 Å². The summed E-state index contributed by atoms with van der Waals surface area (Å²) in [7, 11) is 1.71. The highest BCUT2D eigenvalue weighted by Gasteiger charge is 2.21. The largest absolute Gasteiger partial charge is 0.356 e. The van der Waals surface area contributed by atoms with E-state index < -0.39 is 0 Å². The average Bonchev–Trinajstić information content (AvgIpc) is 2.54. The number of carbonyl (C=O) groups is 1. The van der Waals surface area contributed by atoms with Gasteiger partial charge in [0.2, 0.25) is 5.91 Å². The Morgan fingerprint density at radius 2 is 2.14 bits per heavy atom. The monoisotopic (exact) mass is 288 g/mol. The number of fused-ring (bicyclic) bond motifs is 1. The minimum Gasteiger partial charge on any atom is -0.356 e. The first-order valence-corrected chi connectivity index (χ1v) is 7.59. The Bertz CT molecular complexity index is 513. The Morgan fingerprint density at radius 3 is 2.90 bits per heavy atom. The van der Waals surface area contributed by atoms with Crippen LogP contribution in [0, 0.1) is 0 Å². The third kappa shape index (κ3) is 3.97. The molecule has 1 aromatic rings. The van der Waals surface area contributed by atoms with Crippen LogP contribution >= 0.6 is 0 Å². The zero-order chi connectivity index (χ0) is 15.1. The van der Waals surface area contributed by atoms with Crippen molar-refractivity contribution in [2.75, 3.05) is 31.6 Å². The van der Waals surface area contributed by atoms with Crippen LogP contribution in [-0.4, -0.2) is 38.5 Å². The van der Waals surface area contributed by atoms with E-state index >= 15 is 0 Å². The van der Waals surface area contributed by atoms with E-state index in [-0.39, 0.29) is 12.5 Å².